The van der Waals surface area contributed by atoms with E-state index in [9.17, 15) is 4.79 Å². The lowest BCUT2D eigenvalue weighted by Gasteiger charge is -2.13. The zero-order valence-corrected chi connectivity index (χ0v) is 12.3. The number of carbonyl (C=O) groups is 1. The van der Waals surface area contributed by atoms with Crippen LogP contribution in [0.4, 0.5) is 5.13 Å². The van der Waals surface area contributed by atoms with Crippen LogP contribution < -0.4 is 10.1 Å². The van der Waals surface area contributed by atoms with Gasteiger partial charge in [0.2, 0.25) is 0 Å². The molecule has 0 saturated heterocycles. The lowest BCUT2D eigenvalue weighted by Crippen LogP contribution is -2.30. The van der Waals surface area contributed by atoms with Crippen molar-refractivity contribution in [1.82, 2.24) is 4.98 Å². The normalized spacial score (nSPS) is 12.0. The number of benzene rings is 2. The van der Waals surface area contributed by atoms with Gasteiger partial charge in [0.15, 0.2) is 11.2 Å². The Hall–Kier alpha value is -2.40. The Bertz CT molecular complexity index is 722. The summed E-state index contributed by atoms with van der Waals surface area (Å²) in [6.45, 7) is 1.72. The fourth-order valence-corrected chi connectivity index (χ4v) is 2.76. The maximum absolute atomic E-state index is 12.1. The summed E-state index contributed by atoms with van der Waals surface area (Å²) in [5.74, 6) is 0.461. The third-order valence-electron chi connectivity index (χ3n) is 2.95. The van der Waals surface area contributed by atoms with Crippen LogP contribution in [-0.4, -0.2) is 17.0 Å². The number of fused-ring (bicyclic) bond motifs is 1. The van der Waals surface area contributed by atoms with Crippen LogP contribution in [0.3, 0.4) is 0 Å². The van der Waals surface area contributed by atoms with E-state index in [1.165, 1.54) is 11.3 Å². The average Bonchev–Trinajstić information content (AvgIpc) is 2.90. The molecule has 1 amide bonds. The highest BCUT2D eigenvalue weighted by Gasteiger charge is 2.16. The number of thiazole rings is 1. The number of nitrogens with zero attached hydrogens (tertiary/aromatic N) is 1. The number of hydrogen-bond acceptors (Lipinski definition) is 4. The van der Waals surface area contributed by atoms with Gasteiger partial charge in [0, 0.05) is 0 Å². The van der Waals surface area contributed by atoms with Crippen molar-refractivity contribution in [1.29, 1.82) is 0 Å². The summed E-state index contributed by atoms with van der Waals surface area (Å²) in [7, 11) is 0. The second-order valence-corrected chi connectivity index (χ2v) is 5.58. The number of aromatic nitrogens is 1. The zero-order valence-electron chi connectivity index (χ0n) is 11.4. The molecule has 4 nitrogen and oxygen atoms in total. The highest BCUT2D eigenvalue weighted by Crippen LogP contribution is 2.25. The van der Waals surface area contributed by atoms with E-state index in [-0.39, 0.29) is 5.91 Å². The zero-order chi connectivity index (χ0) is 14.7. The molecule has 1 atom stereocenters. The summed E-state index contributed by atoms with van der Waals surface area (Å²) in [6, 6.07) is 17.1. The second-order valence-electron chi connectivity index (χ2n) is 4.55. The molecule has 1 heterocycles. The summed E-state index contributed by atoms with van der Waals surface area (Å²) in [5, 5.41) is 3.38. The highest BCUT2D eigenvalue weighted by atomic mass is 32.1. The molecule has 1 aromatic heterocycles. The van der Waals surface area contributed by atoms with E-state index < -0.39 is 6.10 Å². The molecule has 3 aromatic rings. The van der Waals surface area contributed by atoms with Gasteiger partial charge in [0.1, 0.15) is 5.75 Å². The Balaban J connectivity index is 1.68. The molecule has 0 bridgehead atoms. The summed E-state index contributed by atoms with van der Waals surface area (Å²) in [6.07, 6.45) is -0.584. The summed E-state index contributed by atoms with van der Waals surface area (Å²) in [5.41, 5.74) is 0.884. The van der Waals surface area contributed by atoms with Crippen LogP contribution in [0.5, 0.6) is 5.75 Å². The number of para-hydroxylation sites is 2. The minimum Gasteiger partial charge on any atom is -0.481 e. The summed E-state index contributed by atoms with van der Waals surface area (Å²) >= 11 is 1.45. The summed E-state index contributed by atoms with van der Waals surface area (Å²) in [4.78, 5) is 16.5. The number of hydrogen-bond donors (Lipinski definition) is 1. The van der Waals surface area contributed by atoms with E-state index in [1.807, 2.05) is 54.6 Å². The third kappa shape index (κ3) is 3.20. The molecule has 106 valence electrons. The number of nitrogens with one attached hydrogen (secondary N) is 1. The first-order valence-electron chi connectivity index (χ1n) is 6.60. The van der Waals surface area contributed by atoms with Crippen LogP contribution >= 0.6 is 11.3 Å². The molecule has 0 fully saturated rings. The number of anilines is 1. The van der Waals surface area contributed by atoms with Crippen molar-refractivity contribution in [2.24, 2.45) is 0 Å². The monoisotopic (exact) mass is 298 g/mol. The summed E-state index contributed by atoms with van der Waals surface area (Å²) < 4.78 is 6.63. The average molecular weight is 298 g/mol. The Labute approximate surface area is 126 Å². The first kappa shape index (κ1) is 13.6. The molecular formula is C16H14N2O2S. The van der Waals surface area contributed by atoms with Gasteiger partial charge >= 0.3 is 0 Å². The van der Waals surface area contributed by atoms with Crippen molar-refractivity contribution in [2.45, 2.75) is 13.0 Å². The van der Waals surface area contributed by atoms with Crippen LogP contribution in [0, 0.1) is 0 Å². The van der Waals surface area contributed by atoms with E-state index in [2.05, 4.69) is 10.3 Å². The molecular weight excluding hydrogens is 284 g/mol. The topological polar surface area (TPSA) is 51.2 Å². The lowest BCUT2D eigenvalue weighted by atomic mass is 10.3. The van der Waals surface area contributed by atoms with Gasteiger partial charge in [-0.25, -0.2) is 4.98 Å². The van der Waals surface area contributed by atoms with Crippen LogP contribution in [0.2, 0.25) is 0 Å². The van der Waals surface area contributed by atoms with Crippen LogP contribution in [-0.2, 0) is 4.79 Å². The van der Waals surface area contributed by atoms with E-state index in [0.29, 0.717) is 10.9 Å². The molecule has 3 rings (SSSR count). The molecule has 0 aliphatic carbocycles. The Kier molecular flexibility index (Phi) is 3.83. The van der Waals surface area contributed by atoms with E-state index in [4.69, 9.17) is 4.74 Å². The third-order valence-corrected chi connectivity index (χ3v) is 3.90. The predicted octanol–water partition coefficient (Wildman–Crippen LogP) is 3.70. The minimum atomic E-state index is -0.584. The molecule has 2 aromatic carbocycles. The van der Waals surface area contributed by atoms with Crippen molar-refractivity contribution in [3.63, 3.8) is 0 Å². The second kappa shape index (κ2) is 5.93. The Morgan fingerprint density at radius 1 is 1.14 bits per heavy atom. The molecule has 21 heavy (non-hydrogen) atoms. The predicted molar refractivity (Wildman–Crippen MR) is 84.8 cm³/mol. The van der Waals surface area contributed by atoms with Crippen molar-refractivity contribution in [3.05, 3.63) is 54.6 Å². The number of carbonyl (C=O) groups excluding carboxylic acids is 1. The van der Waals surface area contributed by atoms with Gasteiger partial charge in [0.05, 0.1) is 10.2 Å². The van der Waals surface area contributed by atoms with Crippen molar-refractivity contribution < 1.29 is 9.53 Å². The molecule has 0 radical (unpaired) electrons. The quantitative estimate of drug-likeness (QED) is 0.799. The van der Waals surface area contributed by atoms with Gasteiger partial charge in [0.25, 0.3) is 5.91 Å². The van der Waals surface area contributed by atoms with E-state index in [0.717, 1.165) is 10.2 Å². The van der Waals surface area contributed by atoms with Crippen molar-refractivity contribution in [2.75, 3.05) is 5.32 Å². The van der Waals surface area contributed by atoms with Gasteiger partial charge in [-0.2, -0.15) is 0 Å². The van der Waals surface area contributed by atoms with Gasteiger partial charge < -0.3 is 4.74 Å². The van der Waals surface area contributed by atoms with Gasteiger partial charge in [-0.1, -0.05) is 41.7 Å². The fourth-order valence-electron chi connectivity index (χ4n) is 1.89. The van der Waals surface area contributed by atoms with Crippen LogP contribution in [0.1, 0.15) is 6.92 Å². The molecule has 0 aliphatic heterocycles. The Morgan fingerprint density at radius 3 is 2.62 bits per heavy atom. The van der Waals surface area contributed by atoms with Crippen LogP contribution in [0.15, 0.2) is 54.6 Å². The van der Waals surface area contributed by atoms with E-state index >= 15 is 0 Å². The van der Waals surface area contributed by atoms with Gasteiger partial charge in [-0.15, -0.1) is 0 Å². The minimum absolute atomic E-state index is 0.210. The Morgan fingerprint density at radius 2 is 1.86 bits per heavy atom. The van der Waals surface area contributed by atoms with Crippen LogP contribution in [0.25, 0.3) is 10.2 Å². The fraction of sp³-hybridized carbons (Fsp3) is 0.125. The van der Waals surface area contributed by atoms with Crippen molar-refractivity contribution >= 4 is 32.6 Å². The maximum atomic E-state index is 12.1. The van der Waals surface area contributed by atoms with E-state index in [1.54, 1.807) is 6.92 Å². The molecule has 5 heteroatoms. The molecule has 0 spiro atoms. The first-order valence-corrected chi connectivity index (χ1v) is 7.42. The largest absolute Gasteiger partial charge is 0.481 e. The molecule has 1 N–H and O–H groups in total. The maximum Gasteiger partial charge on any atom is 0.266 e. The number of ether oxygens (including phenoxy) is 1. The van der Waals surface area contributed by atoms with Gasteiger partial charge in [-0.3, -0.25) is 10.1 Å². The van der Waals surface area contributed by atoms with Crippen molar-refractivity contribution in [3.8, 4) is 5.75 Å². The molecule has 0 unspecified atom stereocenters. The standard InChI is InChI=1S/C16H14N2O2S/c1-11(20-12-7-3-2-4-8-12)15(19)18-16-17-13-9-5-6-10-14(13)21-16/h2-11H,1H3,(H,17,18,19)/t11-/m0/s1. The van der Waals surface area contributed by atoms with Gasteiger partial charge in [-0.05, 0) is 31.2 Å². The first-order chi connectivity index (χ1) is 10.2. The highest BCUT2D eigenvalue weighted by molar-refractivity contribution is 7.22. The number of amides is 1. The molecule has 0 aliphatic rings. The number of rotatable bonds is 4. The SMILES string of the molecule is C[C@H](Oc1ccccc1)C(=O)Nc1nc2ccccc2s1. The molecule has 0 saturated carbocycles. The smallest absolute Gasteiger partial charge is 0.266 e. The lowest BCUT2D eigenvalue weighted by molar-refractivity contribution is -0.122.